The Morgan fingerprint density at radius 3 is 2.59 bits per heavy atom. The number of unbranched alkanes of at least 4 members (excludes halogenated alkanes) is 1. The van der Waals surface area contributed by atoms with Crippen LogP contribution in [0.4, 0.5) is 0 Å². The van der Waals surface area contributed by atoms with Crippen molar-refractivity contribution in [1.82, 2.24) is 0 Å². The number of rotatable bonds is 10. The molecule has 0 spiro atoms. The maximum absolute atomic E-state index is 12.0. The van der Waals surface area contributed by atoms with E-state index in [9.17, 15) is 8.42 Å². The van der Waals surface area contributed by atoms with Crippen molar-refractivity contribution in [2.45, 2.75) is 31.6 Å². The van der Waals surface area contributed by atoms with Gasteiger partial charge in [-0.2, -0.15) is 8.42 Å². The van der Waals surface area contributed by atoms with E-state index in [4.69, 9.17) is 8.92 Å². The molecule has 0 aromatic heterocycles. The van der Waals surface area contributed by atoms with E-state index in [2.05, 4.69) is 13.5 Å². The number of hydrogen-bond donors (Lipinski definition) is 0. The van der Waals surface area contributed by atoms with Crippen molar-refractivity contribution in [2.24, 2.45) is 0 Å². The summed E-state index contributed by atoms with van der Waals surface area (Å²) in [6.45, 7) is 8.92. The Kier molecular flexibility index (Phi) is 8.09. The molecular formula is C17H24O4S. The zero-order valence-electron chi connectivity index (χ0n) is 13.2. The molecule has 122 valence electrons. The van der Waals surface area contributed by atoms with Crippen LogP contribution in [0.15, 0.2) is 53.5 Å². The van der Waals surface area contributed by atoms with Gasteiger partial charge in [0, 0.05) is 6.61 Å². The SMILES string of the molecule is C=C(/C=C/COCCCC)COS(=O)(=O)c1ccc(C)cc1. The molecule has 1 rings (SSSR count). The fourth-order valence-electron chi connectivity index (χ4n) is 1.59. The first kappa shape index (κ1) is 18.6. The van der Waals surface area contributed by atoms with Gasteiger partial charge in [-0.05, 0) is 31.1 Å². The molecule has 0 aliphatic rings. The average Bonchev–Trinajstić information content (AvgIpc) is 2.49. The molecule has 1 aromatic rings. The van der Waals surface area contributed by atoms with Crippen LogP contribution in [0.3, 0.4) is 0 Å². The lowest BCUT2D eigenvalue weighted by Gasteiger charge is -2.06. The van der Waals surface area contributed by atoms with Crippen molar-refractivity contribution in [3.05, 3.63) is 54.1 Å². The molecule has 0 N–H and O–H groups in total. The largest absolute Gasteiger partial charge is 0.377 e. The Balaban J connectivity index is 2.39. The van der Waals surface area contributed by atoms with Crippen LogP contribution in [0.25, 0.3) is 0 Å². The van der Waals surface area contributed by atoms with Crippen molar-refractivity contribution >= 4 is 10.1 Å². The van der Waals surface area contributed by atoms with Crippen molar-refractivity contribution < 1.29 is 17.3 Å². The highest BCUT2D eigenvalue weighted by Crippen LogP contribution is 2.14. The maximum atomic E-state index is 12.0. The van der Waals surface area contributed by atoms with E-state index in [0.717, 1.165) is 25.0 Å². The quantitative estimate of drug-likeness (QED) is 0.375. The van der Waals surface area contributed by atoms with E-state index in [1.165, 1.54) is 12.1 Å². The van der Waals surface area contributed by atoms with Gasteiger partial charge in [-0.25, -0.2) is 0 Å². The van der Waals surface area contributed by atoms with Crippen LogP contribution >= 0.6 is 0 Å². The van der Waals surface area contributed by atoms with E-state index < -0.39 is 10.1 Å². The van der Waals surface area contributed by atoms with Gasteiger partial charge in [0.2, 0.25) is 0 Å². The van der Waals surface area contributed by atoms with E-state index >= 15 is 0 Å². The minimum Gasteiger partial charge on any atom is -0.377 e. The van der Waals surface area contributed by atoms with Gasteiger partial charge in [0.25, 0.3) is 10.1 Å². The van der Waals surface area contributed by atoms with Gasteiger partial charge in [0.15, 0.2) is 0 Å². The number of ether oxygens (including phenoxy) is 1. The predicted octanol–water partition coefficient (Wildman–Crippen LogP) is 3.63. The topological polar surface area (TPSA) is 52.6 Å². The number of hydrogen-bond acceptors (Lipinski definition) is 4. The van der Waals surface area contributed by atoms with Gasteiger partial charge >= 0.3 is 0 Å². The molecule has 0 unspecified atom stereocenters. The lowest BCUT2D eigenvalue weighted by molar-refractivity contribution is 0.159. The summed E-state index contributed by atoms with van der Waals surface area (Å²) in [5, 5.41) is 0. The fraction of sp³-hybridized carbons (Fsp3) is 0.412. The molecule has 0 saturated heterocycles. The second-order valence-electron chi connectivity index (χ2n) is 5.02. The highest BCUT2D eigenvalue weighted by atomic mass is 32.2. The summed E-state index contributed by atoms with van der Waals surface area (Å²) in [5.74, 6) is 0. The number of benzene rings is 1. The third-order valence-corrected chi connectivity index (χ3v) is 4.20. The molecule has 0 radical (unpaired) electrons. The summed E-state index contributed by atoms with van der Waals surface area (Å²) in [6.07, 6.45) is 5.66. The summed E-state index contributed by atoms with van der Waals surface area (Å²) in [4.78, 5) is 0.151. The average molecular weight is 324 g/mol. The summed E-state index contributed by atoms with van der Waals surface area (Å²) in [5.41, 5.74) is 1.57. The Bertz CT molecular complexity index is 586. The normalized spacial score (nSPS) is 11.9. The minimum absolute atomic E-state index is 0.0678. The van der Waals surface area contributed by atoms with Crippen LogP contribution < -0.4 is 0 Å². The molecule has 0 aliphatic carbocycles. The zero-order chi connectivity index (χ0) is 16.4. The summed E-state index contributed by atoms with van der Waals surface area (Å²) in [7, 11) is -3.74. The fourth-order valence-corrected chi connectivity index (χ4v) is 2.50. The van der Waals surface area contributed by atoms with Crippen LogP contribution in [-0.2, 0) is 19.0 Å². The molecule has 0 atom stereocenters. The summed E-state index contributed by atoms with van der Waals surface area (Å²) >= 11 is 0. The first-order valence-electron chi connectivity index (χ1n) is 7.34. The lowest BCUT2D eigenvalue weighted by Crippen LogP contribution is -2.08. The minimum atomic E-state index is -3.74. The van der Waals surface area contributed by atoms with Crippen molar-refractivity contribution in [3.8, 4) is 0 Å². The molecule has 0 amide bonds. The molecular weight excluding hydrogens is 300 g/mol. The third-order valence-electron chi connectivity index (χ3n) is 2.92. The van der Waals surface area contributed by atoms with Gasteiger partial charge in [-0.15, -0.1) is 0 Å². The monoisotopic (exact) mass is 324 g/mol. The molecule has 0 saturated carbocycles. The van der Waals surface area contributed by atoms with Gasteiger partial charge in [-0.3, -0.25) is 4.18 Å². The summed E-state index contributed by atoms with van der Waals surface area (Å²) in [6, 6.07) is 6.53. The van der Waals surface area contributed by atoms with Crippen LogP contribution in [0.2, 0.25) is 0 Å². The molecule has 0 aliphatic heterocycles. The van der Waals surface area contributed by atoms with Crippen molar-refractivity contribution in [3.63, 3.8) is 0 Å². The Labute approximate surface area is 133 Å². The molecule has 0 fully saturated rings. The lowest BCUT2D eigenvalue weighted by atomic mass is 10.2. The van der Waals surface area contributed by atoms with Gasteiger partial charge in [0.05, 0.1) is 18.1 Å². The van der Waals surface area contributed by atoms with Gasteiger partial charge < -0.3 is 4.74 Å². The highest BCUT2D eigenvalue weighted by molar-refractivity contribution is 7.86. The molecule has 1 aromatic carbocycles. The molecule has 0 bridgehead atoms. The second-order valence-corrected chi connectivity index (χ2v) is 6.63. The Hall–Kier alpha value is -1.43. The zero-order valence-corrected chi connectivity index (χ0v) is 14.1. The van der Waals surface area contributed by atoms with E-state index in [1.807, 2.05) is 6.92 Å². The highest BCUT2D eigenvalue weighted by Gasteiger charge is 2.14. The first-order valence-corrected chi connectivity index (χ1v) is 8.74. The molecule has 22 heavy (non-hydrogen) atoms. The van der Waals surface area contributed by atoms with Crippen molar-refractivity contribution in [2.75, 3.05) is 19.8 Å². The van der Waals surface area contributed by atoms with E-state index in [0.29, 0.717) is 12.2 Å². The summed E-state index contributed by atoms with van der Waals surface area (Å²) < 4.78 is 34.3. The van der Waals surface area contributed by atoms with E-state index in [-0.39, 0.29) is 11.5 Å². The molecule has 5 heteroatoms. The standard InChI is InChI=1S/C17H24O4S/c1-4-5-12-20-13-6-7-16(3)14-21-22(18,19)17-10-8-15(2)9-11-17/h6-11H,3-5,12-14H2,1-2H3/b7-6+. The number of aryl methyl sites for hydroxylation is 1. The molecule has 4 nitrogen and oxygen atoms in total. The maximum Gasteiger partial charge on any atom is 0.297 e. The third kappa shape index (κ3) is 7.02. The molecule has 0 heterocycles. The first-order chi connectivity index (χ1) is 10.5. The van der Waals surface area contributed by atoms with Gasteiger partial charge in [-0.1, -0.05) is 49.8 Å². The van der Waals surface area contributed by atoms with Crippen LogP contribution in [0, 0.1) is 6.92 Å². The van der Waals surface area contributed by atoms with Crippen LogP contribution in [0.5, 0.6) is 0 Å². The van der Waals surface area contributed by atoms with Gasteiger partial charge in [0.1, 0.15) is 0 Å². The second kappa shape index (κ2) is 9.56. The van der Waals surface area contributed by atoms with Crippen LogP contribution in [0.1, 0.15) is 25.3 Å². The Morgan fingerprint density at radius 2 is 1.95 bits per heavy atom. The Morgan fingerprint density at radius 1 is 1.27 bits per heavy atom. The predicted molar refractivity (Wildman–Crippen MR) is 88.3 cm³/mol. The van der Waals surface area contributed by atoms with Crippen LogP contribution in [-0.4, -0.2) is 28.2 Å². The van der Waals surface area contributed by atoms with E-state index in [1.54, 1.807) is 24.3 Å². The smallest absolute Gasteiger partial charge is 0.297 e. The van der Waals surface area contributed by atoms with Crippen molar-refractivity contribution in [1.29, 1.82) is 0 Å².